The number of carbonyl (C=O) groups is 1. The lowest BCUT2D eigenvalue weighted by atomic mass is 9.99. The van der Waals surface area contributed by atoms with Crippen LogP contribution in [0, 0.1) is 0 Å². The summed E-state index contributed by atoms with van der Waals surface area (Å²) in [6.07, 6.45) is 0.752. The van der Waals surface area contributed by atoms with E-state index in [0.717, 1.165) is 6.42 Å². The maximum Gasteiger partial charge on any atom is 0.254 e. The van der Waals surface area contributed by atoms with E-state index in [1.807, 2.05) is 20.8 Å². The molecule has 0 saturated heterocycles. The number of hydrogen-bond donors (Lipinski definition) is 1. The van der Waals surface area contributed by atoms with Crippen LogP contribution in [-0.2, 0) is 10.0 Å². The molecule has 8 heteroatoms. The molecule has 0 unspecified atom stereocenters. The molecule has 118 valence electrons. The molecule has 0 aliphatic carbocycles. The highest BCUT2D eigenvalue weighted by molar-refractivity contribution is 9.10. The summed E-state index contributed by atoms with van der Waals surface area (Å²) in [5.41, 5.74) is -0.186. The number of nitrogens with two attached hydrogens (primary N) is 1. The molecule has 0 heterocycles. The van der Waals surface area contributed by atoms with Gasteiger partial charge in [-0.1, -0.05) is 18.5 Å². The molecule has 0 aliphatic rings. The van der Waals surface area contributed by atoms with E-state index in [4.69, 9.17) is 16.7 Å². The molecule has 21 heavy (non-hydrogen) atoms. The Balaban J connectivity index is 3.40. The van der Waals surface area contributed by atoms with Gasteiger partial charge in [-0.25, -0.2) is 13.6 Å². The van der Waals surface area contributed by atoms with Crippen LogP contribution in [0.4, 0.5) is 0 Å². The average Bonchev–Trinajstić information content (AvgIpc) is 2.38. The van der Waals surface area contributed by atoms with Crippen molar-refractivity contribution in [2.24, 2.45) is 5.14 Å². The molecule has 0 bridgehead atoms. The van der Waals surface area contributed by atoms with Crippen molar-refractivity contribution >= 4 is 43.5 Å². The van der Waals surface area contributed by atoms with Crippen molar-refractivity contribution in [2.75, 3.05) is 7.05 Å². The highest BCUT2D eigenvalue weighted by Gasteiger charge is 2.28. The van der Waals surface area contributed by atoms with E-state index in [1.165, 1.54) is 12.1 Å². The van der Waals surface area contributed by atoms with Crippen LogP contribution in [0.3, 0.4) is 0 Å². The van der Waals surface area contributed by atoms with Crippen LogP contribution in [-0.4, -0.2) is 31.8 Å². The van der Waals surface area contributed by atoms with Gasteiger partial charge in [0.15, 0.2) is 0 Å². The van der Waals surface area contributed by atoms with Gasteiger partial charge in [0.25, 0.3) is 5.91 Å². The van der Waals surface area contributed by atoms with Gasteiger partial charge in [0.1, 0.15) is 0 Å². The summed E-state index contributed by atoms with van der Waals surface area (Å²) >= 11 is 9.06. The average molecular weight is 398 g/mol. The van der Waals surface area contributed by atoms with Gasteiger partial charge < -0.3 is 4.90 Å². The number of benzene rings is 1. The van der Waals surface area contributed by atoms with Gasteiger partial charge in [-0.15, -0.1) is 0 Å². The van der Waals surface area contributed by atoms with Crippen molar-refractivity contribution in [1.29, 1.82) is 0 Å². The van der Waals surface area contributed by atoms with E-state index in [-0.39, 0.29) is 31.4 Å². The molecule has 0 fully saturated rings. The van der Waals surface area contributed by atoms with Gasteiger partial charge in [-0.2, -0.15) is 0 Å². The van der Waals surface area contributed by atoms with Gasteiger partial charge in [-0.05, 0) is 48.3 Å². The Kier molecular flexibility index (Phi) is 5.47. The van der Waals surface area contributed by atoms with Crippen molar-refractivity contribution in [3.05, 3.63) is 27.2 Å². The second-order valence-electron chi connectivity index (χ2n) is 5.35. The first kappa shape index (κ1) is 18.4. The van der Waals surface area contributed by atoms with Crippen LogP contribution in [0.25, 0.3) is 0 Å². The van der Waals surface area contributed by atoms with Crippen LogP contribution in [0.15, 0.2) is 21.5 Å². The number of hydrogen-bond acceptors (Lipinski definition) is 3. The third kappa shape index (κ3) is 3.97. The van der Waals surface area contributed by atoms with Gasteiger partial charge in [0, 0.05) is 18.2 Å². The summed E-state index contributed by atoms with van der Waals surface area (Å²) < 4.78 is 23.3. The zero-order valence-corrected chi connectivity index (χ0v) is 15.4. The van der Waals surface area contributed by atoms with E-state index < -0.39 is 10.0 Å². The third-order valence-corrected chi connectivity index (χ3v) is 6.20. The number of nitrogens with zero attached hydrogens (tertiary/aromatic N) is 1. The Morgan fingerprint density at radius 3 is 2.38 bits per heavy atom. The molecule has 0 atom stereocenters. The van der Waals surface area contributed by atoms with Gasteiger partial charge in [-0.3, -0.25) is 4.79 Å². The van der Waals surface area contributed by atoms with E-state index in [9.17, 15) is 13.2 Å². The predicted molar refractivity (Wildman–Crippen MR) is 87.0 cm³/mol. The first-order valence-corrected chi connectivity index (χ1v) is 8.93. The van der Waals surface area contributed by atoms with Crippen molar-refractivity contribution in [2.45, 2.75) is 37.6 Å². The molecule has 0 radical (unpaired) electrons. The second-order valence-corrected chi connectivity index (χ2v) is 8.08. The van der Waals surface area contributed by atoms with E-state index >= 15 is 0 Å². The lowest BCUT2D eigenvalue weighted by Gasteiger charge is -2.35. The minimum Gasteiger partial charge on any atom is -0.337 e. The Labute approximate surface area is 138 Å². The van der Waals surface area contributed by atoms with E-state index in [2.05, 4.69) is 15.9 Å². The molecule has 0 aromatic heterocycles. The van der Waals surface area contributed by atoms with E-state index in [0.29, 0.717) is 0 Å². The lowest BCUT2D eigenvalue weighted by Crippen LogP contribution is -2.44. The summed E-state index contributed by atoms with van der Waals surface area (Å²) in [5.74, 6) is -0.318. The highest BCUT2D eigenvalue weighted by atomic mass is 79.9. The number of carbonyl (C=O) groups excluding carboxylic acids is 1. The largest absolute Gasteiger partial charge is 0.337 e. The molecule has 1 aromatic carbocycles. The minimum atomic E-state index is -3.98. The molecule has 2 N–H and O–H groups in total. The zero-order chi connectivity index (χ0) is 16.6. The standard InChI is InChI=1S/C13H18BrClN2O3S/c1-5-13(2,3)17(4)12(18)8-6-9(15)11(14)10(7-8)21(16,19)20/h6-7H,5H2,1-4H3,(H2,16,19,20). The van der Waals surface area contributed by atoms with Crippen LogP contribution in [0.2, 0.25) is 5.02 Å². The molecule has 1 aromatic rings. The predicted octanol–water partition coefficient (Wildman–Crippen LogP) is 3.01. The Morgan fingerprint density at radius 1 is 1.43 bits per heavy atom. The van der Waals surface area contributed by atoms with Crippen LogP contribution in [0.5, 0.6) is 0 Å². The van der Waals surface area contributed by atoms with Gasteiger partial charge in [0.05, 0.1) is 14.4 Å². The number of primary sulfonamides is 1. The summed E-state index contributed by atoms with van der Waals surface area (Å²) in [5, 5.41) is 5.26. The third-order valence-electron chi connectivity index (χ3n) is 3.63. The maximum atomic E-state index is 12.5. The van der Waals surface area contributed by atoms with Crippen molar-refractivity contribution in [3.8, 4) is 0 Å². The molecule has 5 nitrogen and oxygen atoms in total. The Bertz CT molecular complexity index is 674. The molecular weight excluding hydrogens is 380 g/mol. The molecule has 0 aliphatic heterocycles. The van der Waals surface area contributed by atoms with Crippen LogP contribution >= 0.6 is 27.5 Å². The Hall–Kier alpha value is -0.630. The molecule has 0 saturated carbocycles. The molecule has 1 amide bonds. The first-order chi connectivity index (χ1) is 9.41. The fourth-order valence-electron chi connectivity index (χ4n) is 1.60. The van der Waals surface area contributed by atoms with Gasteiger partial charge >= 0.3 is 0 Å². The first-order valence-electron chi connectivity index (χ1n) is 6.22. The topological polar surface area (TPSA) is 80.5 Å². The van der Waals surface area contributed by atoms with Crippen molar-refractivity contribution < 1.29 is 13.2 Å². The van der Waals surface area contributed by atoms with Crippen LogP contribution < -0.4 is 5.14 Å². The molecule has 0 spiro atoms. The fourth-order valence-corrected chi connectivity index (χ4v) is 3.43. The summed E-state index contributed by atoms with van der Waals surface area (Å²) in [4.78, 5) is 13.9. The summed E-state index contributed by atoms with van der Waals surface area (Å²) in [7, 11) is -2.32. The highest BCUT2D eigenvalue weighted by Crippen LogP contribution is 2.31. The SMILES string of the molecule is CCC(C)(C)N(C)C(=O)c1cc(Cl)c(Br)c(S(N)(=O)=O)c1. The van der Waals surface area contributed by atoms with E-state index in [1.54, 1.807) is 11.9 Å². The van der Waals surface area contributed by atoms with Crippen molar-refractivity contribution in [3.63, 3.8) is 0 Å². The van der Waals surface area contributed by atoms with Crippen LogP contribution in [0.1, 0.15) is 37.6 Å². The Morgan fingerprint density at radius 2 is 1.95 bits per heavy atom. The lowest BCUT2D eigenvalue weighted by molar-refractivity contribution is 0.0620. The second kappa shape index (κ2) is 6.24. The van der Waals surface area contributed by atoms with Gasteiger partial charge in [0.2, 0.25) is 10.0 Å². The number of sulfonamides is 1. The fraction of sp³-hybridized carbons (Fsp3) is 0.462. The van der Waals surface area contributed by atoms with Crippen molar-refractivity contribution in [1.82, 2.24) is 4.90 Å². The minimum absolute atomic E-state index is 0.118. The maximum absolute atomic E-state index is 12.5. The number of rotatable bonds is 4. The quantitative estimate of drug-likeness (QED) is 0.848. The molecule has 1 rings (SSSR count). The normalized spacial score (nSPS) is 12.3. The molecular formula is C13H18BrClN2O3S. The smallest absolute Gasteiger partial charge is 0.254 e. The monoisotopic (exact) mass is 396 g/mol. The zero-order valence-electron chi connectivity index (χ0n) is 12.3. The number of amides is 1. The number of halogens is 2. The summed E-state index contributed by atoms with van der Waals surface area (Å²) in [6.45, 7) is 5.81. The summed E-state index contributed by atoms with van der Waals surface area (Å²) in [6, 6.07) is 2.65.